The first-order valence-corrected chi connectivity index (χ1v) is 6.45. The summed E-state index contributed by atoms with van der Waals surface area (Å²) in [6, 6.07) is 0. The van der Waals surface area contributed by atoms with E-state index in [2.05, 4.69) is 28.0 Å². The smallest absolute Gasteiger partial charge is 0.00728 e. The largest absolute Gasteiger partial charge is 0.303 e. The molecule has 2 aliphatic rings. The second-order valence-corrected chi connectivity index (χ2v) is 5.08. The van der Waals surface area contributed by atoms with Crippen LogP contribution in [0, 0.1) is 6.42 Å². The lowest BCUT2D eigenvalue weighted by atomic mass is 10.2. The summed E-state index contributed by atoms with van der Waals surface area (Å²) < 4.78 is 0. The molecule has 2 aliphatic heterocycles. The molecule has 0 aromatic heterocycles. The highest BCUT2D eigenvalue weighted by molar-refractivity contribution is 7.99. The number of hydrogen-bond donors (Lipinski definition) is 0. The minimum atomic E-state index is 1.21. The van der Waals surface area contributed by atoms with E-state index in [1.165, 1.54) is 57.2 Å². The van der Waals surface area contributed by atoms with E-state index in [-0.39, 0.29) is 0 Å². The molecule has 0 N–H and O–H groups in total. The summed E-state index contributed by atoms with van der Waals surface area (Å²) in [5.74, 6) is 2.66. The quantitative estimate of drug-likeness (QED) is 0.665. The second kappa shape index (κ2) is 5.23. The van der Waals surface area contributed by atoms with E-state index in [9.17, 15) is 0 Å². The van der Waals surface area contributed by atoms with E-state index in [1.807, 2.05) is 0 Å². The zero-order valence-corrected chi connectivity index (χ0v) is 9.06. The molecule has 0 amide bonds. The fourth-order valence-corrected chi connectivity index (χ4v) is 2.75. The Morgan fingerprint density at radius 2 is 1.54 bits per heavy atom. The predicted molar refractivity (Wildman–Crippen MR) is 59.1 cm³/mol. The molecule has 3 heteroatoms. The van der Waals surface area contributed by atoms with Gasteiger partial charge in [-0.2, -0.15) is 11.8 Å². The lowest BCUT2D eigenvalue weighted by molar-refractivity contribution is 0.190. The van der Waals surface area contributed by atoms with Gasteiger partial charge in [0.25, 0.3) is 0 Å². The Labute approximate surface area is 85.7 Å². The van der Waals surface area contributed by atoms with Gasteiger partial charge < -0.3 is 9.80 Å². The van der Waals surface area contributed by atoms with Crippen LogP contribution >= 0.6 is 11.8 Å². The van der Waals surface area contributed by atoms with Crippen molar-refractivity contribution in [1.29, 1.82) is 0 Å². The maximum atomic E-state index is 2.57. The molecule has 2 nitrogen and oxygen atoms in total. The lowest BCUT2D eigenvalue weighted by Gasteiger charge is -2.32. The van der Waals surface area contributed by atoms with Crippen LogP contribution in [-0.4, -0.2) is 60.6 Å². The molecule has 0 spiro atoms. The summed E-state index contributed by atoms with van der Waals surface area (Å²) >= 11 is 2.09. The van der Waals surface area contributed by atoms with Gasteiger partial charge in [-0.3, -0.25) is 0 Å². The monoisotopic (exact) mass is 199 g/mol. The van der Waals surface area contributed by atoms with Gasteiger partial charge in [0.05, 0.1) is 0 Å². The molecule has 0 aromatic carbocycles. The van der Waals surface area contributed by atoms with Crippen LogP contribution in [0.5, 0.6) is 0 Å². The normalized spacial score (nSPS) is 25.8. The van der Waals surface area contributed by atoms with Crippen molar-refractivity contribution in [3.8, 4) is 0 Å². The zero-order chi connectivity index (χ0) is 8.93. The topological polar surface area (TPSA) is 6.48 Å². The first-order valence-electron chi connectivity index (χ1n) is 5.29. The minimum Gasteiger partial charge on any atom is -0.303 e. The van der Waals surface area contributed by atoms with Crippen LogP contribution in [0.15, 0.2) is 0 Å². The predicted octanol–water partition coefficient (Wildman–Crippen LogP) is 0.945. The highest BCUT2D eigenvalue weighted by Gasteiger charge is 2.14. The Bertz CT molecular complexity index is 142. The average molecular weight is 199 g/mol. The summed E-state index contributed by atoms with van der Waals surface area (Å²) in [6.45, 7) is 7.65. The first kappa shape index (κ1) is 9.81. The van der Waals surface area contributed by atoms with Crippen molar-refractivity contribution in [3.05, 3.63) is 6.42 Å². The number of likely N-dealkylation sites (tertiary alicyclic amines) is 1. The van der Waals surface area contributed by atoms with Gasteiger partial charge in [0.1, 0.15) is 0 Å². The van der Waals surface area contributed by atoms with Crippen molar-refractivity contribution in [2.75, 3.05) is 50.8 Å². The van der Waals surface area contributed by atoms with Crippen molar-refractivity contribution < 1.29 is 0 Å². The lowest BCUT2D eigenvalue weighted by Crippen LogP contribution is -2.40. The fourth-order valence-electron chi connectivity index (χ4n) is 1.77. The van der Waals surface area contributed by atoms with Crippen LogP contribution in [0.2, 0.25) is 0 Å². The molecule has 2 rings (SSSR count). The van der Waals surface area contributed by atoms with Gasteiger partial charge in [-0.05, 0) is 25.9 Å². The van der Waals surface area contributed by atoms with Gasteiger partial charge in [0.15, 0.2) is 0 Å². The molecule has 1 radical (unpaired) electrons. The van der Waals surface area contributed by atoms with Crippen LogP contribution in [0.4, 0.5) is 0 Å². The standard InChI is InChI=1S/C10H19N2S/c1-3-11(4-1)5-2-6-12-7-9-13-10-8-12/h2H,1,3-10H2. The Kier molecular flexibility index (Phi) is 3.94. The minimum absolute atomic E-state index is 1.21. The molecule has 0 aliphatic carbocycles. The molecule has 2 heterocycles. The summed E-state index contributed by atoms with van der Waals surface area (Å²) in [5, 5.41) is 0. The summed E-state index contributed by atoms with van der Waals surface area (Å²) in [4.78, 5) is 5.08. The van der Waals surface area contributed by atoms with Gasteiger partial charge in [-0.1, -0.05) is 0 Å². The zero-order valence-electron chi connectivity index (χ0n) is 8.24. The summed E-state index contributed by atoms with van der Waals surface area (Å²) in [5.41, 5.74) is 0. The number of rotatable bonds is 4. The first-order chi connectivity index (χ1) is 6.45. The molecule has 2 fully saturated rings. The van der Waals surface area contributed by atoms with Crippen molar-refractivity contribution in [2.45, 2.75) is 6.42 Å². The third kappa shape index (κ3) is 3.15. The molecule has 75 valence electrons. The maximum Gasteiger partial charge on any atom is 0.00728 e. The third-order valence-corrected chi connectivity index (χ3v) is 3.77. The molecule has 0 aromatic rings. The van der Waals surface area contributed by atoms with Gasteiger partial charge in [-0.15, -0.1) is 0 Å². The van der Waals surface area contributed by atoms with E-state index in [4.69, 9.17) is 0 Å². The van der Waals surface area contributed by atoms with Crippen molar-refractivity contribution in [3.63, 3.8) is 0 Å². The number of hydrogen-bond acceptors (Lipinski definition) is 3. The van der Waals surface area contributed by atoms with Crippen LogP contribution in [0.1, 0.15) is 6.42 Å². The van der Waals surface area contributed by atoms with Crippen LogP contribution in [-0.2, 0) is 0 Å². The molecule has 13 heavy (non-hydrogen) atoms. The molecule has 0 bridgehead atoms. The van der Waals surface area contributed by atoms with Crippen molar-refractivity contribution in [2.24, 2.45) is 0 Å². The molecule has 0 unspecified atom stereocenters. The van der Waals surface area contributed by atoms with E-state index >= 15 is 0 Å². The summed E-state index contributed by atoms with van der Waals surface area (Å²) in [6.07, 6.45) is 3.85. The second-order valence-electron chi connectivity index (χ2n) is 3.86. The summed E-state index contributed by atoms with van der Waals surface area (Å²) in [7, 11) is 0. The Morgan fingerprint density at radius 1 is 0.923 bits per heavy atom. The highest BCUT2D eigenvalue weighted by Crippen LogP contribution is 2.10. The molecule has 2 saturated heterocycles. The number of thioether (sulfide) groups is 1. The Balaban J connectivity index is 1.50. The van der Waals surface area contributed by atoms with Gasteiger partial charge in [0.2, 0.25) is 0 Å². The van der Waals surface area contributed by atoms with Crippen LogP contribution < -0.4 is 0 Å². The van der Waals surface area contributed by atoms with Crippen LogP contribution in [0.3, 0.4) is 0 Å². The van der Waals surface area contributed by atoms with Gasteiger partial charge in [0, 0.05) is 37.7 Å². The highest BCUT2D eigenvalue weighted by atomic mass is 32.2. The van der Waals surface area contributed by atoms with Crippen LogP contribution in [0.25, 0.3) is 0 Å². The Hall–Kier alpha value is 0.270. The third-order valence-electron chi connectivity index (χ3n) is 2.83. The molecular formula is C10H19N2S. The number of nitrogens with zero attached hydrogens (tertiary/aromatic N) is 2. The maximum absolute atomic E-state index is 2.57. The van der Waals surface area contributed by atoms with E-state index < -0.39 is 0 Å². The van der Waals surface area contributed by atoms with E-state index in [0.717, 1.165) is 0 Å². The molecular weight excluding hydrogens is 180 g/mol. The van der Waals surface area contributed by atoms with E-state index in [1.54, 1.807) is 0 Å². The molecule has 0 atom stereocenters. The average Bonchev–Trinajstić information content (AvgIpc) is 2.11. The van der Waals surface area contributed by atoms with Gasteiger partial charge >= 0.3 is 0 Å². The van der Waals surface area contributed by atoms with Crippen molar-refractivity contribution in [1.82, 2.24) is 9.80 Å². The van der Waals surface area contributed by atoms with Crippen molar-refractivity contribution >= 4 is 11.8 Å². The van der Waals surface area contributed by atoms with Gasteiger partial charge in [-0.25, -0.2) is 0 Å². The van der Waals surface area contributed by atoms with E-state index in [0.29, 0.717) is 0 Å². The molecule has 0 saturated carbocycles. The fraction of sp³-hybridized carbons (Fsp3) is 0.900. The SMILES string of the molecule is [CH](CN1CCC1)CN1CCSCC1. The Morgan fingerprint density at radius 3 is 2.08 bits per heavy atom.